The van der Waals surface area contributed by atoms with Crippen LogP contribution in [0.4, 0.5) is 0 Å². The lowest BCUT2D eigenvalue weighted by Crippen LogP contribution is -1.92. The zero-order valence-electron chi connectivity index (χ0n) is 3.74. The summed E-state index contributed by atoms with van der Waals surface area (Å²) in [4.78, 5) is 13.4. The third-order valence-corrected chi connectivity index (χ3v) is 1.20. The molecule has 0 radical (unpaired) electrons. The van der Waals surface area contributed by atoms with E-state index in [0.717, 1.165) is 11.5 Å². The Kier molecular flexibility index (Phi) is 1.21. The number of nitrogens with zero attached hydrogens (tertiary/aromatic N) is 2. The van der Waals surface area contributed by atoms with Crippen LogP contribution in [0, 0.1) is 0 Å². The van der Waals surface area contributed by atoms with Gasteiger partial charge in [0.15, 0.2) is 0 Å². The molecule has 0 aromatic carbocycles. The zero-order chi connectivity index (χ0) is 5.98. The summed E-state index contributed by atoms with van der Waals surface area (Å²) in [6.07, 6.45) is 1.22. The van der Waals surface area contributed by atoms with Crippen molar-refractivity contribution in [3.05, 3.63) is 11.3 Å². The highest BCUT2D eigenvalue weighted by Crippen LogP contribution is 1.96. The van der Waals surface area contributed by atoms with E-state index in [0.29, 0.717) is 0 Å². The average molecular weight is 130 g/mol. The fourth-order valence-corrected chi connectivity index (χ4v) is 0.634. The fraction of sp³-hybridized carbons (Fsp3) is 0. The van der Waals surface area contributed by atoms with Crippen molar-refractivity contribution in [2.45, 2.75) is 0 Å². The van der Waals surface area contributed by atoms with Crippen LogP contribution in [0.2, 0.25) is 0 Å². The van der Waals surface area contributed by atoms with Crippen LogP contribution >= 0.6 is 11.5 Å². The van der Waals surface area contributed by atoms with Crippen LogP contribution in [0.15, 0.2) is 6.33 Å². The van der Waals surface area contributed by atoms with E-state index in [9.17, 15) is 4.79 Å². The molecule has 0 spiro atoms. The monoisotopic (exact) mass is 130 g/mol. The molecule has 42 valence electrons. The molecule has 1 rings (SSSR count). The molecular weight excluding hydrogens is 128 g/mol. The van der Waals surface area contributed by atoms with Gasteiger partial charge in [0.1, 0.15) is 6.33 Å². The molecule has 0 aliphatic heterocycles. The second kappa shape index (κ2) is 1.87. The second-order valence-corrected chi connectivity index (χ2v) is 1.83. The molecule has 0 atom stereocenters. The summed E-state index contributed by atoms with van der Waals surface area (Å²) in [5.41, 5.74) is 0. The zero-order valence-corrected chi connectivity index (χ0v) is 4.55. The minimum absolute atomic E-state index is 0.0324. The Morgan fingerprint density at radius 1 is 1.88 bits per heavy atom. The maximum atomic E-state index is 9.97. The third-order valence-electron chi connectivity index (χ3n) is 0.544. The topological polar surface area (TPSA) is 63.1 Å². The molecule has 5 heteroatoms. The van der Waals surface area contributed by atoms with Crippen LogP contribution < -0.4 is 0 Å². The van der Waals surface area contributed by atoms with E-state index < -0.39 is 5.97 Å². The smallest absolute Gasteiger partial charge is 0.366 e. The summed E-state index contributed by atoms with van der Waals surface area (Å²) in [5.74, 6) is -1.02. The van der Waals surface area contributed by atoms with E-state index >= 15 is 0 Å². The molecule has 0 saturated heterocycles. The maximum Gasteiger partial charge on any atom is 0.366 e. The molecule has 0 saturated carbocycles. The van der Waals surface area contributed by atoms with Gasteiger partial charge >= 0.3 is 5.97 Å². The predicted molar refractivity (Wildman–Crippen MR) is 26.9 cm³/mol. The normalized spacial score (nSPS) is 9.00. The summed E-state index contributed by atoms with van der Waals surface area (Å²) in [7, 11) is 0. The molecule has 1 heterocycles. The van der Waals surface area contributed by atoms with Crippen LogP contribution in [0.3, 0.4) is 0 Å². The van der Waals surface area contributed by atoms with Gasteiger partial charge in [-0.1, -0.05) is 0 Å². The Bertz CT molecular complexity index is 183. The van der Waals surface area contributed by atoms with Crippen molar-refractivity contribution in [2.75, 3.05) is 0 Å². The van der Waals surface area contributed by atoms with Crippen LogP contribution in [0.5, 0.6) is 0 Å². The molecule has 0 amide bonds. The van der Waals surface area contributed by atoms with Crippen molar-refractivity contribution in [3.63, 3.8) is 0 Å². The van der Waals surface area contributed by atoms with E-state index in [1.165, 1.54) is 6.33 Å². The molecule has 1 aromatic heterocycles. The lowest BCUT2D eigenvalue weighted by molar-refractivity contribution is 0.0696. The van der Waals surface area contributed by atoms with E-state index in [1.807, 2.05) is 0 Å². The van der Waals surface area contributed by atoms with Gasteiger partial charge < -0.3 is 5.11 Å². The molecule has 1 aromatic rings. The largest absolute Gasteiger partial charge is 0.476 e. The van der Waals surface area contributed by atoms with Crippen LogP contribution in [-0.4, -0.2) is 20.4 Å². The summed E-state index contributed by atoms with van der Waals surface area (Å²) in [5, 5.41) is 8.21. The molecule has 0 aliphatic rings. The van der Waals surface area contributed by atoms with E-state index in [1.54, 1.807) is 0 Å². The molecule has 0 fully saturated rings. The van der Waals surface area contributed by atoms with E-state index in [-0.39, 0.29) is 5.01 Å². The lowest BCUT2D eigenvalue weighted by Gasteiger charge is -1.75. The predicted octanol–water partition coefficient (Wildman–Crippen LogP) is 0.236. The van der Waals surface area contributed by atoms with Crippen LogP contribution in [0.25, 0.3) is 0 Å². The quantitative estimate of drug-likeness (QED) is 0.591. The Balaban J connectivity index is 2.93. The van der Waals surface area contributed by atoms with Gasteiger partial charge in [-0.05, 0) is 11.5 Å². The summed E-state index contributed by atoms with van der Waals surface area (Å²) in [6.45, 7) is 0. The number of aromatic carboxylic acids is 1. The molecule has 0 bridgehead atoms. The number of carbonyl (C=O) groups is 1. The lowest BCUT2D eigenvalue weighted by atomic mass is 10.7. The molecule has 1 N–H and O–H groups in total. The second-order valence-electron chi connectivity index (χ2n) is 1.05. The molecule has 0 aliphatic carbocycles. The minimum Gasteiger partial charge on any atom is -0.476 e. The maximum absolute atomic E-state index is 9.97. The highest BCUT2D eigenvalue weighted by atomic mass is 32.1. The van der Waals surface area contributed by atoms with Crippen LogP contribution in [-0.2, 0) is 0 Å². The fourth-order valence-electron chi connectivity index (χ4n) is 0.267. The van der Waals surface area contributed by atoms with Crippen molar-refractivity contribution < 1.29 is 9.90 Å². The number of aromatic nitrogens is 2. The Morgan fingerprint density at radius 3 is 2.88 bits per heavy atom. The van der Waals surface area contributed by atoms with Crippen molar-refractivity contribution >= 4 is 17.5 Å². The van der Waals surface area contributed by atoms with Crippen molar-refractivity contribution in [1.29, 1.82) is 0 Å². The molecular formula is C3H2N2O2S. The number of rotatable bonds is 1. The number of hydrogen-bond donors (Lipinski definition) is 1. The summed E-state index contributed by atoms with van der Waals surface area (Å²) in [6, 6.07) is 0. The third kappa shape index (κ3) is 0.812. The van der Waals surface area contributed by atoms with Gasteiger partial charge in [-0.15, -0.1) is 0 Å². The van der Waals surface area contributed by atoms with E-state index in [4.69, 9.17) is 5.11 Å². The van der Waals surface area contributed by atoms with Crippen LogP contribution in [0.1, 0.15) is 9.80 Å². The number of carboxylic acids is 1. The van der Waals surface area contributed by atoms with Gasteiger partial charge in [0.25, 0.3) is 0 Å². The average Bonchev–Trinajstić information content (AvgIpc) is 2.12. The number of carboxylic acid groups (broad SMARTS) is 1. The first-order valence-electron chi connectivity index (χ1n) is 1.80. The first kappa shape index (κ1) is 5.17. The van der Waals surface area contributed by atoms with Gasteiger partial charge in [0.2, 0.25) is 5.01 Å². The Labute approximate surface area is 49.0 Å². The SMILES string of the molecule is O=C(O)c1ncns1. The van der Waals surface area contributed by atoms with Gasteiger partial charge in [-0.25, -0.2) is 9.78 Å². The molecule has 4 nitrogen and oxygen atoms in total. The van der Waals surface area contributed by atoms with Gasteiger partial charge in [0, 0.05) is 0 Å². The standard InChI is InChI=1S/C3H2N2O2S/c6-3(7)2-4-1-5-8-2/h1H,(H,6,7). The van der Waals surface area contributed by atoms with Gasteiger partial charge in [-0.2, -0.15) is 4.37 Å². The minimum atomic E-state index is -1.02. The first-order chi connectivity index (χ1) is 3.80. The summed E-state index contributed by atoms with van der Waals surface area (Å²) >= 11 is 0.870. The van der Waals surface area contributed by atoms with Crippen molar-refractivity contribution in [2.24, 2.45) is 0 Å². The highest BCUT2D eigenvalue weighted by Gasteiger charge is 2.03. The Hall–Kier alpha value is -0.970. The van der Waals surface area contributed by atoms with E-state index in [2.05, 4.69) is 9.36 Å². The first-order valence-corrected chi connectivity index (χ1v) is 2.58. The Morgan fingerprint density at radius 2 is 2.62 bits per heavy atom. The van der Waals surface area contributed by atoms with Crippen molar-refractivity contribution in [3.8, 4) is 0 Å². The summed E-state index contributed by atoms with van der Waals surface area (Å²) < 4.78 is 3.49. The molecule has 8 heavy (non-hydrogen) atoms. The molecule has 0 unspecified atom stereocenters. The van der Waals surface area contributed by atoms with Crippen molar-refractivity contribution in [1.82, 2.24) is 9.36 Å². The van der Waals surface area contributed by atoms with Gasteiger partial charge in [-0.3, -0.25) is 0 Å². The van der Waals surface area contributed by atoms with Gasteiger partial charge in [0.05, 0.1) is 0 Å². The number of hydrogen-bond acceptors (Lipinski definition) is 4. The highest BCUT2D eigenvalue weighted by molar-refractivity contribution is 7.07.